The van der Waals surface area contributed by atoms with Crippen molar-refractivity contribution in [3.8, 4) is 0 Å². The van der Waals surface area contributed by atoms with E-state index >= 15 is 0 Å². The minimum absolute atomic E-state index is 0.221. The molecule has 0 bridgehead atoms. The SMILES string of the molecule is Cc1cc(C(N)CCCC(C)C)sc1Br. The predicted octanol–water partition coefficient (Wildman–Crippen LogP) is 4.65. The highest BCUT2D eigenvalue weighted by Crippen LogP contribution is 2.32. The average molecular weight is 290 g/mol. The van der Waals surface area contributed by atoms with E-state index in [-0.39, 0.29) is 6.04 Å². The second kappa shape index (κ2) is 6.02. The van der Waals surface area contributed by atoms with Crippen LogP contribution in [0.5, 0.6) is 0 Å². The molecule has 0 radical (unpaired) electrons. The fourth-order valence-corrected chi connectivity index (χ4v) is 3.16. The molecule has 0 aromatic carbocycles. The molecule has 1 heterocycles. The van der Waals surface area contributed by atoms with Gasteiger partial charge in [-0.3, -0.25) is 0 Å². The van der Waals surface area contributed by atoms with Crippen LogP contribution in [0.15, 0.2) is 9.85 Å². The summed E-state index contributed by atoms with van der Waals surface area (Å²) in [6, 6.07) is 2.42. The van der Waals surface area contributed by atoms with Gasteiger partial charge in [-0.1, -0.05) is 26.7 Å². The van der Waals surface area contributed by atoms with Crippen LogP contribution in [0.3, 0.4) is 0 Å². The van der Waals surface area contributed by atoms with E-state index in [9.17, 15) is 0 Å². The predicted molar refractivity (Wildman–Crippen MR) is 72.4 cm³/mol. The summed E-state index contributed by atoms with van der Waals surface area (Å²) in [6.07, 6.45) is 3.61. The Hall–Kier alpha value is 0.140. The van der Waals surface area contributed by atoms with Gasteiger partial charge in [0.2, 0.25) is 0 Å². The molecule has 86 valence electrons. The van der Waals surface area contributed by atoms with Crippen LogP contribution in [-0.4, -0.2) is 0 Å². The smallest absolute Gasteiger partial charge is 0.0731 e. The van der Waals surface area contributed by atoms with Gasteiger partial charge in [0.05, 0.1) is 3.79 Å². The molecule has 3 heteroatoms. The molecule has 0 saturated carbocycles. The van der Waals surface area contributed by atoms with E-state index in [2.05, 4.69) is 42.8 Å². The first-order chi connectivity index (χ1) is 7.00. The van der Waals surface area contributed by atoms with Crippen LogP contribution in [0.1, 0.15) is 49.6 Å². The van der Waals surface area contributed by atoms with Crippen molar-refractivity contribution < 1.29 is 0 Å². The van der Waals surface area contributed by atoms with Gasteiger partial charge in [-0.05, 0) is 46.8 Å². The fourth-order valence-electron chi connectivity index (χ4n) is 1.55. The number of hydrogen-bond donors (Lipinski definition) is 1. The van der Waals surface area contributed by atoms with Gasteiger partial charge < -0.3 is 5.73 Å². The standard InChI is InChI=1S/C12H20BrNS/c1-8(2)5-4-6-10(14)11-7-9(3)12(13)15-11/h7-8,10H,4-6,14H2,1-3H3. The highest BCUT2D eigenvalue weighted by molar-refractivity contribution is 9.11. The average Bonchev–Trinajstić information content (AvgIpc) is 2.46. The molecular formula is C12H20BrNS. The molecule has 0 amide bonds. The number of rotatable bonds is 5. The van der Waals surface area contributed by atoms with Crippen LogP contribution in [0, 0.1) is 12.8 Å². The first-order valence-electron chi connectivity index (χ1n) is 5.52. The zero-order valence-electron chi connectivity index (χ0n) is 9.72. The van der Waals surface area contributed by atoms with Gasteiger partial charge in [-0.25, -0.2) is 0 Å². The first kappa shape index (κ1) is 13.2. The number of hydrogen-bond acceptors (Lipinski definition) is 2. The molecule has 0 aliphatic carbocycles. The second-order valence-electron chi connectivity index (χ2n) is 4.54. The molecule has 2 N–H and O–H groups in total. The zero-order valence-corrected chi connectivity index (χ0v) is 12.1. The van der Waals surface area contributed by atoms with Gasteiger partial charge in [-0.15, -0.1) is 11.3 Å². The zero-order chi connectivity index (χ0) is 11.4. The maximum atomic E-state index is 6.15. The van der Waals surface area contributed by atoms with Gasteiger partial charge >= 0.3 is 0 Å². The Morgan fingerprint density at radius 1 is 1.40 bits per heavy atom. The minimum atomic E-state index is 0.221. The van der Waals surface area contributed by atoms with Crippen molar-refractivity contribution in [2.24, 2.45) is 11.7 Å². The van der Waals surface area contributed by atoms with Crippen LogP contribution < -0.4 is 5.73 Å². The highest BCUT2D eigenvalue weighted by Gasteiger charge is 2.10. The lowest BCUT2D eigenvalue weighted by Gasteiger charge is -2.10. The molecule has 0 spiro atoms. The van der Waals surface area contributed by atoms with Gasteiger partial charge in [0.1, 0.15) is 0 Å². The van der Waals surface area contributed by atoms with Crippen molar-refractivity contribution in [1.82, 2.24) is 0 Å². The molecule has 1 aromatic rings. The van der Waals surface area contributed by atoms with Gasteiger partial charge in [0.25, 0.3) is 0 Å². The molecular weight excluding hydrogens is 270 g/mol. The summed E-state index contributed by atoms with van der Waals surface area (Å²) in [6.45, 7) is 6.64. The topological polar surface area (TPSA) is 26.0 Å². The quantitative estimate of drug-likeness (QED) is 0.839. The van der Waals surface area contributed by atoms with E-state index in [1.165, 1.54) is 27.1 Å². The molecule has 1 nitrogen and oxygen atoms in total. The fraction of sp³-hybridized carbons (Fsp3) is 0.667. The lowest BCUT2D eigenvalue weighted by molar-refractivity contribution is 0.508. The Morgan fingerprint density at radius 3 is 2.53 bits per heavy atom. The summed E-state index contributed by atoms with van der Waals surface area (Å²) in [4.78, 5) is 1.31. The summed E-state index contributed by atoms with van der Waals surface area (Å²) in [7, 11) is 0. The third kappa shape index (κ3) is 4.25. The van der Waals surface area contributed by atoms with Gasteiger partial charge in [0, 0.05) is 10.9 Å². The lowest BCUT2D eigenvalue weighted by atomic mass is 10.0. The molecule has 1 rings (SSSR count). The van der Waals surface area contributed by atoms with Crippen LogP contribution in [0.4, 0.5) is 0 Å². The van der Waals surface area contributed by atoms with Crippen molar-refractivity contribution in [2.45, 2.75) is 46.1 Å². The molecule has 1 aromatic heterocycles. The first-order valence-corrected chi connectivity index (χ1v) is 7.13. The highest BCUT2D eigenvalue weighted by atomic mass is 79.9. The minimum Gasteiger partial charge on any atom is -0.323 e. The third-order valence-electron chi connectivity index (χ3n) is 2.54. The largest absolute Gasteiger partial charge is 0.323 e. The van der Waals surface area contributed by atoms with Crippen LogP contribution in [-0.2, 0) is 0 Å². The maximum absolute atomic E-state index is 6.15. The summed E-state index contributed by atoms with van der Waals surface area (Å²) in [5, 5.41) is 0. The Bertz CT molecular complexity index is 287. The van der Waals surface area contributed by atoms with E-state index in [4.69, 9.17) is 5.73 Å². The molecule has 1 atom stereocenters. The van der Waals surface area contributed by atoms with Gasteiger partial charge in [-0.2, -0.15) is 0 Å². The Kier molecular flexibility index (Phi) is 5.30. The van der Waals surface area contributed by atoms with E-state index < -0.39 is 0 Å². The van der Waals surface area contributed by atoms with Crippen LogP contribution in [0.25, 0.3) is 0 Å². The normalized spacial score (nSPS) is 13.5. The van der Waals surface area contributed by atoms with Crippen molar-refractivity contribution >= 4 is 27.3 Å². The Labute approximate surface area is 105 Å². The number of halogens is 1. The van der Waals surface area contributed by atoms with Crippen LogP contribution in [0.2, 0.25) is 0 Å². The summed E-state index contributed by atoms with van der Waals surface area (Å²) in [5.41, 5.74) is 7.45. The summed E-state index contributed by atoms with van der Waals surface area (Å²) in [5.74, 6) is 0.786. The molecule has 15 heavy (non-hydrogen) atoms. The van der Waals surface area contributed by atoms with Crippen molar-refractivity contribution in [2.75, 3.05) is 0 Å². The molecule has 1 unspecified atom stereocenters. The second-order valence-corrected chi connectivity index (χ2v) is 6.94. The van der Waals surface area contributed by atoms with E-state index in [0.717, 1.165) is 12.3 Å². The lowest BCUT2D eigenvalue weighted by Crippen LogP contribution is -2.08. The number of thiophene rings is 1. The Morgan fingerprint density at radius 2 is 2.07 bits per heavy atom. The van der Waals surface area contributed by atoms with E-state index in [1.807, 2.05) is 0 Å². The molecule has 0 fully saturated rings. The Balaban J connectivity index is 2.43. The number of aryl methyl sites for hydroxylation is 1. The molecule has 0 aliphatic rings. The number of nitrogens with two attached hydrogens (primary N) is 1. The summed E-state index contributed by atoms with van der Waals surface area (Å²) < 4.78 is 1.22. The summed E-state index contributed by atoms with van der Waals surface area (Å²) >= 11 is 5.31. The van der Waals surface area contributed by atoms with Crippen molar-refractivity contribution in [1.29, 1.82) is 0 Å². The molecule has 0 aliphatic heterocycles. The van der Waals surface area contributed by atoms with Crippen LogP contribution >= 0.6 is 27.3 Å². The third-order valence-corrected chi connectivity index (χ3v) is 4.81. The maximum Gasteiger partial charge on any atom is 0.0731 e. The monoisotopic (exact) mass is 289 g/mol. The van der Waals surface area contributed by atoms with E-state index in [1.54, 1.807) is 11.3 Å². The molecule has 0 saturated heterocycles. The van der Waals surface area contributed by atoms with Crippen molar-refractivity contribution in [3.63, 3.8) is 0 Å². The van der Waals surface area contributed by atoms with E-state index in [0.29, 0.717) is 0 Å². The van der Waals surface area contributed by atoms with Gasteiger partial charge in [0.15, 0.2) is 0 Å². The van der Waals surface area contributed by atoms with Crippen molar-refractivity contribution in [3.05, 3.63) is 20.3 Å².